The summed E-state index contributed by atoms with van der Waals surface area (Å²) >= 11 is 0. The third kappa shape index (κ3) is 7.84. The normalized spacial score (nSPS) is 16.2. The molecule has 2 aromatic heterocycles. The Labute approximate surface area is 367 Å². The fraction of sp³-hybridized carbons (Fsp3) is 0.236. The third-order valence-corrected chi connectivity index (χ3v) is 10.9. The molecule has 0 atom stereocenters. The van der Waals surface area contributed by atoms with Crippen molar-refractivity contribution in [3.8, 4) is 67.5 Å². The van der Waals surface area contributed by atoms with Crippen molar-refractivity contribution >= 4 is 11.0 Å². The summed E-state index contributed by atoms with van der Waals surface area (Å²) in [6.45, 7) is 0.232. The first-order valence-corrected chi connectivity index (χ1v) is 19.7. The number of fused-ring (bicyclic) bond motifs is 1. The lowest BCUT2D eigenvalue weighted by molar-refractivity contribution is 0.477. The number of hydrogen-bond acceptors (Lipinski definition) is 3. The largest absolute Gasteiger partial charge is 0.507 e. The number of rotatable bonds is 6. The second-order valence-corrected chi connectivity index (χ2v) is 17.3. The van der Waals surface area contributed by atoms with Crippen LogP contribution in [0.1, 0.15) is 101 Å². The first-order valence-electron chi connectivity index (χ1n) is 25.7. The zero-order valence-electron chi connectivity index (χ0n) is 46.1. The van der Waals surface area contributed by atoms with Crippen LogP contribution in [0.4, 0.5) is 0 Å². The van der Waals surface area contributed by atoms with E-state index in [1.165, 1.54) is 24.3 Å². The average Bonchev–Trinajstić information content (AvgIpc) is 3.66. The summed E-state index contributed by atoms with van der Waals surface area (Å²) in [7, 11) is 0. The van der Waals surface area contributed by atoms with Crippen LogP contribution in [-0.4, -0.2) is 19.6 Å². The zero-order chi connectivity index (χ0) is 51.9. The predicted molar refractivity (Wildman–Crippen MR) is 249 cm³/mol. The Balaban J connectivity index is 1.31. The molecule has 4 nitrogen and oxygen atoms in total. The first kappa shape index (κ1) is 27.4. The minimum Gasteiger partial charge on any atom is -0.507 e. The van der Waals surface area contributed by atoms with Gasteiger partial charge in [0.15, 0.2) is 0 Å². The van der Waals surface area contributed by atoms with Crippen LogP contribution in [0.25, 0.3) is 72.7 Å². The molecule has 296 valence electrons. The van der Waals surface area contributed by atoms with Crippen molar-refractivity contribution < 1.29 is 21.6 Å². The van der Waals surface area contributed by atoms with Crippen LogP contribution in [0, 0.1) is 6.85 Å². The molecular formula is C55H55N3O. The van der Waals surface area contributed by atoms with Crippen molar-refractivity contribution in [3.63, 3.8) is 0 Å². The second-order valence-electron chi connectivity index (χ2n) is 17.3. The summed E-state index contributed by atoms with van der Waals surface area (Å²) in [4.78, 5) is 10.1. The van der Waals surface area contributed by atoms with Gasteiger partial charge in [-0.2, -0.15) is 0 Å². The Kier molecular flexibility index (Phi) is 6.90. The van der Waals surface area contributed by atoms with Crippen molar-refractivity contribution in [1.29, 1.82) is 0 Å². The number of nitrogens with zero attached hydrogens (tertiary/aromatic N) is 3. The number of aromatic nitrogens is 3. The van der Waals surface area contributed by atoms with Gasteiger partial charge in [-0.3, -0.25) is 9.55 Å². The zero-order valence-corrected chi connectivity index (χ0v) is 34.1. The molecule has 0 saturated carbocycles. The number of aryl methyl sites for hydroxylation is 1. The molecule has 0 aliphatic rings. The van der Waals surface area contributed by atoms with Crippen molar-refractivity contribution in [2.24, 2.45) is 0 Å². The quantitative estimate of drug-likeness (QED) is 0.183. The lowest BCUT2D eigenvalue weighted by atomic mass is 9.83. The Morgan fingerprint density at radius 3 is 1.86 bits per heavy atom. The molecule has 0 saturated heterocycles. The molecule has 8 rings (SSSR count). The van der Waals surface area contributed by atoms with Gasteiger partial charge < -0.3 is 5.11 Å². The van der Waals surface area contributed by atoms with E-state index in [-0.39, 0.29) is 27.7 Å². The standard InChI is InChI=1S/C55H55N3O/c1-35-18-27-48(46(30-35)37-21-25-42(26-22-37)54(5,6)7)58-49-16-13-15-44(51(49)57-52(58)45-14-11-12-17-50(45)59)39-31-40(33-43(32-39)55(8,9)10)47-34-38(28-29-56-47)36-19-23-41(24-20-36)53(2,3)4/h11-34,59H,1-10H3/i1D3,2D3,3D3,4D3. The van der Waals surface area contributed by atoms with Crippen LogP contribution >= 0.6 is 0 Å². The van der Waals surface area contributed by atoms with Crippen molar-refractivity contribution in [1.82, 2.24) is 14.5 Å². The summed E-state index contributed by atoms with van der Waals surface area (Å²) in [6.07, 6.45) is 1.65. The lowest BCUT2D eigenvalue weighted by Crippen LogP contribution is -2.11. The number of hydrogen-bond donors (Lipinski definition) is 1. The van der Waals surface area contributed by atoms with Gasteiger partial charge in [0, 0.05) is 39.3 Å². The van der Waals surface area contributed by atoms with Crippen LogP contribution in [0.15, 0.2) is 146 Å². The minimum absolute atomic E-state index is 0.0181. The summed E-state index contributed by atoms with van der Waals surface area (Å²) < 4.78 is 101. The molecule has 0 amide bonds. The van der Waals surface area contributed by atoms with Gasteiger partial charge in [-0.25, -0.2) is 4.98 Å². The van der Waals surface area contributed by atoms with Gasteiger partial charge in [0.1, 0.15) is 11.6 Å². The third-order valence-electron chi connectivity index (χ3n) is 10.9. The molecule has 0 aliphatic heterocycles. The number of phenolic OH excluding ortho intramolecular Hbond substituents is 1. The van der Waals surface area contributed by atoms with Crippen LogP contribution < -0.4 is 0 Å². The van der Waals surface area contributed by atoms with E-state index in [1.807, 2.05) is 53.1 Å². The predicted octanol–water partition coefficient (Wildman–Crippen LogP) is 14.7. The highest BCUT2D eigenvalue weighted by atomic mass is 16.3. The van der Waals surface area contributed by atoms with E-state index >= 15 is 0 Å². The fourth-order valence-electron chi connectivity index (χ4n) is 7.58. The minimum atomic E-state index is -3.38. The molecule has 1 N–H and O–H groups in total. The van der Waals surface area contributed by atoms with E-state index < -0.39 is 32.8 Å². The smallest absolute Gasteiger partial charge is 0.149 e. The molecule has 0 aliphatic carbocycles. The molecule has 59 heavy (non-hydrogen) atoms. The topological polar surface area (TPSA) is 50.9 Å². The molecule has 0 fully saturated rings. The number of pyridine rings is 1. The van der Waals surface area contributed by atoms with Crippen LogP contribution in [0.2, 0.25) is 0 Å². The Hall–Kier alpha value is -6.26. The van der Waals surface area contributed by atoms with Gasteiger partial charge in [0.2, 0.25) is 0 Å². The van der Waals surface area contributed by atoms with Crippen LogP contribution in [-0.2, 0) is 16.2 Å². The molecular weight excluding hydrogens is 719 g/mol. The molecule has 0 unspecified atom stereocenters. The maximum atomic E-state index is 11.4. The maximum Gasteiger partial charge on any atom is 0.149 e. The molecule has 0 spiro atoms. The van der Waals surface area contributed by atoms with Gasteiger partial charge >= 0.3 is 0 Å². The monoisotopic (exact) mass is 786 g/mol. The van der Waals surface area contributed by atoms with E-state index in [2.05, 4.69) is 65.8 Å². The number of phenols is 1. The number of benzene rings is 6. The van der Waals surface area contributed by atoms with E-state index in [9.17, 15) is 5.11 Å². The second kappa shape index (κ2) is 14.8. The van der Waals surface area contributed by atoms with E-state index in [0.29, 0.717) is 50.5 Å². The Morgan fingerprint density at radius 1 is 0.525 bits per heavy atom. The fourth-order valence-corrected chi connectivity index (χ4v) is 7.58. The van der Waals surface area contributed by atoms with E-state index in [4.69, 9.17) is 26.4 Å². The highest BCUT2D eigenvalue weighted by Crippen LogP contribution is 2.42. The SMILES string of the molecule is [2H]C([2H])([2H])c1ccc(-n2c(-c3ccccc3O)nc3c(-c4cc(-c5cc(-c6ccc(C(C([2H])([2H])[2H])(C([2H])([2H])[2H])C([2H])([2H])[2H])cc6)ccn5)cc(C(C)(C)C)c4)cccc32)c(-c2ccc(C(C)(C)C)cc2)c1. The first-order chi connectivity index (χ1) is 32.9. The molecule has 0 radical (unpaired) electrons. The molecule has 6 aromatic carbocycles. The summed E-state index contributed by atoms with van der Waals surface area (Å²) in [5.74, 6) is 0.464. The summed E-state index contributed by atoms with van der Waals surface area (Å²) in [6, 6.07) is 41.7. The van der Waals surface area contributed by atoms with E-state index in [1.54, 1.807) is 48.7 Å². The summed E-state index contributed by atoms with van der Waals surface area (Å²) in [5, 5.41) is 11.4. The van der Waals surface area contributed by atoms with Gasteiger partial charge in [-0.1, -0.05) is 153 Å². The van der Waals surface area contributed by atoms with Gasteiger partial charge in [0.25, 0.3) is 0 Å². The van der Waals surface area contributed by atoms with Crippen LogP contribution in [0.5, 0.6) is 5.75 Å². The molecule has 4 heteroatoms. The Bertz CT molecular complexity index is 3240. The molecule has 8 aromatic rings. The number of para-hydroxylation sites is 2. The van der Waals surface area contributed by atoms with Gasteiger partial charge in [-0.05, 0) is 117 Å². The average molecular weight is 786 g/mol. The van der Waals surface area contributed by atoms with Gasteiger partial charge in [-0.15, -0.1) is 0 Å². The summed E-state index contributed by atoms with van der Waals surface area (Å²) in [5.41, 5.74) is 6.60. The van der Waals surface area contributed by atoms with Crippen molar-refractivity contribution in [2.75, 3.05) is 0 Å². The van der Waals surface area contributed by atoms with E-state index in [0.717, 1.165) is 33.4 Å². The molecule has 0 bridgehead atoms. The van der Waals surface area contributed by atoms with Crippen molar-refractivity contribution in [3.05, 3.63) is 168 Å². The maximum absolute atomic E-state index is 11.4. The Morgan fingerprint density at radius 2 is 1.19 bits per heavy atom. The highest BCUT2D eigenvalue weighted by Gasteiger charge is 2.24. The lowest BCUT2D eigenvalue weighted by Gasteiger charge is -2.22. The van der Waals surface area contributed by atoms with Crippen LogP contribution in [0.3, 0.4) is 0 Å². The van der Waals surface area contributed by atoms with Crippen molar-refractivity contribution in [2.45, 2.75) is 85.2 Å². The number of aromatic hydroxyl groups is 1. The molecule has 2 heterocycles. The number of imidazole rings is 1. The van der Waals surface area contributed by atoms with Gasteiger partial charge in [0.05, 0.1) is 28.0 Å². The highest BCUT2D eigenvalue weighted by molar-refractivity contribution is 5.97.